The number of nitrogens with zero attached hydrogens (tertiary/aromatic N) is 1. The third-order valence-corrected chi connectivity index (χ3v) is 1.82. The Hall–Kier alpha value is -1.62. The maximum atomic E-state index is 10.4. The lowest BCUT2D eigenvalue weighted by atomic mass is 10.2. The lowest BCUT2D eigenvalue weighted by Crippen LogP contribution is -2.02. The summed E-state index contributed by atoms with van der Waals surface area (Å²) in [6.45, 7) is 4.12. The number of phenolic OH excluding ortho intramolecular Hbond substituents is 1. The Bertz CT molecular complexity index is 362. The number of ether oxygens (including phenoxy) is 1. The fourth-order valence-corrected chi connectivity index (χ4v) is 1.08. The molecule has 0 saturated heterocycles. The lowest BCUT2D eigenvalue weighted by Gasteiger charge is -2.07. The molecular formula is C10H13NO4. The number of benzene rings is 1. The number of hydrogen-bond acceptors (Lipinski definition) is 4. The maximum absolute atomic E-state index is 10.4. The first-order valence-electron chi connectivity index (χ1n) is 4.58. The number of nitro benzene ring substituents is 1. The van der Waals surface area contributed by atoms with E-state index in [1.807, 2.05) is 13.8 Å². The van der Waals surface area contributed by atoms with E-state index in [9.17, 15) is 15.2 Å². The Morgan fingerprint density at radius 1 is 1.53 bits per heavy atom. The molecule has 5 nitrogen and oxygen atoms in total. The molecule has 0 atom stereocenters. The van der Waals surface area contributed by atoms with Gasteiger partial charge in [0.05, 0.1) is 17.6 Å². The fourth-order valence-electron chi connectivity index (χ4n) is 1.08. The van der Waals surface area contributed by atoms with Crippen molar-refractivity contribution in [2.45, 2.75) is 26.6 Å². The molecule has 0 amide bonds. The van der Waals surface area contributed by atoms with Crippen LogP contribution in [-0.4, -0.2) is 16.1 Å². The van der Waals surface area contributed by atoms with Crippen molar-refractivity contribution in [2.24, 2.45) is 0 Å². The summed E-state index contributed by atoms with van der Waals surface area (Å²) in [5.41, 5.74) is 0.426. The lowest BCUT2D eigenvalue weighted by molar-refractivity contribution is -0.385. The van der Waals surface area contributed by atoms with Crippen molar-refractivity contribution < 1.29 is 14.8 Å². The molecule has 0 heterocycles. The average molecular weight is 211 g/mol. The van der Waals surface area contributed by atoms with E-state index in [1.165, 1.54) is 12.1 Å². The van der Waals surface area contributed by atoms with Crippen LogP contribution in [0.25, 0.3) is 0 Å². The van der Waals surface area contributed by atoms with Gasteiger partial charge in [-0.25, -0.2) is 0 Å². The van der Waals surface area contributed by atoms with Crippen LogP contribution in [0.5, 0.6) is 5.75 Å². The van der Waals surface area contributed by atoms with Gasteiger partial charge < -0.3 is 9.84 Å². The monoisotopic (exact) mass is 211 g/mol. The molecule has 0 saturated carbocycles. The number of rotatable bonds is 4. The van der Waals surface area contributed by atoms with Crippen LogP contribution in [0.4, 0.5) is 5.69 Å². The van der Waals surface area contributed by atoms with Gasteiger partial charge in [-0.3, -0.25) is 10.1 Å². The molecular weight excluding hydrogens is 198 g/mol. The molecule has 1 rings (SSSR count). The van der Waals surface area contributed by atoms with Crippen molar-refractivity contribution in [1.82, 2.24) is 0 Å². The van der Waals surface area contributed by atoms with Gasteiger partial charge in [0.25, 0.3) is 0 Å². The molecule has 0 unspecified atom stereocenters. The SMILES string of the molecule is CC(C)OCc1ccc([N+](=O)[O-])c(O)c1. The van der Waals surface area contributed by atoms with E-state index in [1.54, 1.807) is 6.07 Å². The highest BCUT2D eigenvalue weighted by Gasteiger charge is 2.12. The first-order valence-corrected chi connectivity index (χ1v) is 4.58. The van der Waals surface area contributed by atoms with Crippen molar-refractivity contribution in [2.75, 3.05) is 0 Å². The molecule has 1 aromatic carbocycles. The van der Waals surface area contributed by atoms with Crippen LogP contribution < -0.4 is 0 Å². The molecule has 1 N–H and O–H groups in total. The van der Waals surface area contributed by atoms with Crippen LogP contribution in [0.3, 0.4) is 0 Å². The fraction of sp³-hybridized carbons (Fsp3) is 0.400. The Morgan fingerprint density at radius 3 is 2.67 bits per heavy atom. The third-order valence-electron chi connectivity index (χ3n) is 1.82. The molecule has 5 heteroatoms. The summed E-state index contributed by atoms with van der Waals surface area (Å²) >= 11 is 0. The number of nitro groups is 1. The number of phenols is 1. The van der Waals surface area contributed by atoms with E-state index >= 15 is 0 Å². The molecule has 0 aliphatic rings. The second-order valence-corrected chi connectivity index (χ2v) is 3.44. The zero-order valence-corrected chi connectivity index (χ0v) is 8.64. The third kappa shape index (κ3) is 3.21. The van der Waals surface area contributed by atoms with Gasteiger partial charge in [0.15, 0.2) is 5.75 Å². The van der Waals surface area contributed by atoms with Crippen molar-refractivity contribution in [3.8, 4) is 5.75 Å². The zero-order chi connectivity index (χ0) is 11.4. The van der Waals surface area contributed by atoms with E-state index < -0.39 is 4.92 Å². The minimum absolute atomic E-state index is 0.0855. The van der Waals surface area contributed by atoms with Crippen molar-refractivity contribution in [3.63, 3.8) is 0 Å². The number of hydrogen-bond donors (Lipinski definition) is 1. The van der Waals surface area contributed by atoms with Crippen LogP contribution in [0.2, 0.25) is 0 Å². The molecule has 15 heavy (non-hydrogen) atoms. The van der Waals surface area contributed by atoms with E-state index in [0.29, 0.717) is 12.2 Å². The molecule has 1 aromatic rings. The van der Waals surface area contributed by atoms with Gasteiger partial charge in [-0.15, -0.1) is 0 Å². The van der Waals surface area contributed by atoms with Gasteiger partial charge >= 0.3 is 5.69 Å². The predicted molar refractivity (Wildman–Crippen MR) is 54.7 cm³/mol. The van der Waals surface area contributed by atoms with Crippen LogP contribution in [0.15, 0.2) is 18.2 Å². The standard InChI is InChI=1S/C10H13NO4/c1-7(2)15-6-8-3-4-9(11(13)14)10(12)5-8/h3-5,7,12H,6H2,1-2H3. The summed E-state index contributed by atoms with van der Waals surface area (Å²) in [5, 5.41) is 19.7. The maximum Gasteiger partial charge on any atom is 0.310 e. The van der Waals surface area contributed by atoms with E-state index in [-0.39, 0.29) is 17.5 Å². The highest BCUT2D eigenvalue weighted by atomic mass is 16.6. The van der Waals surface area contributed by atoms with Gasteiger partial charge in [0, 0.05) is 6.07 Å². The summed E-state index contributed by atoms with van der Waals surface area (Å²) in [5.74, 6) is -0.329. The van der Waals surface area contributed by atoms with Crippen molar-refractivity contribution in [3.05, 3.63) is 33.9 Å². The van der Waals surface area contributed by atoms with Gasteiger partial charge in [-0.1, -0.05) is 0 Å². The van der Waals surface area contributed by atoms with E-state index in [0.717, 1.165) is 0 Å². The Morgan fingerprint density at radius 2 is 2.20 bits per heavy atom. The minimum atomic E-state index is -0.623. The van der Waals surface area contributed by atoms with E-state index in [4.69, 9.17) is 4.74 Å². The van der Waals surface area contributed by atoms with Crippen LogP contribution >= 0.6 is 0 Å². The van der Waals surface area contributed by atoms with Gasteiger partial charge in [-0.2, -0.15) is 0 Å². The second kappa shape index (κ2) is 4.75. The minimum Gasteiger partial charge on any atom is -0.502 e. The van der Waals surface area contributed by atoms with Gasteiger partial charge in [-0.05, 0) is 31.5 Å². The molecule has 0 fully saturated rings. The second-order valence-electron chi connectivity index (χ2n) is 3.44. The quantitative estimate of drug-likeness (QED) is 0.612. The van der Waals surface area contributed by atoms with Crippen LogP contribution in [-0.2, 0) is 11.3 Å². The molecule has 0 spiro atoms. The summed E-state index contributed by atoms with van der Waals surface area (Å²) in [4.78, 5) is 9.79. The average Bonchev–Trinajstić information content (AvgIpc) is 2.14. The summed E-state index contributed by atoms with van der Waals surface area (Å²) in [6.07, 6.45) is 0.0855. The smallest absolute Gasteiger partial charge is 0.310 e. The first kappa shape index (κ1) is 11.5. The van der Waals surface area contributed by atoms with Crippen LogP contribution in [0.1, 0.15) is 19.4 Å². The highest BCUT2D eigenvalue weighted by Crippen LogP contribution is 2.26. The van der Waals surface area contributed by atoms with Gasteiger partial charge in [0.1, 0.15) is 0 Å². The first-order chi connectivity index (χ1) is 7.00. The molecule has 0 bridgehead atoms. The largest absolute Gasteiger partial charge is 0.502 e. The molecule has 0 radical (unpaired) electrons. The summed E-state index contributed by atoms with van der Waals surface area (Å²) in [6, 6.07) is 4.19. The normalized spacial score (nSPS) is 10.6. The zero-order valence-electron chi connectivity index (χ0n) is 8.64. The Labute approximate surface area is 87.5 Å². The Kier molecular flexibility index (Phi) is 3.62. The highest BCUT2D eigenvalue weighted by molar-refractivity contribution is 5.47. The summed E-state index contributed by atoms with van der Waals surface area (Å²) in [7, 11) is 0. The Balaban J connectivity index is 2.78. The molecule has 82 valence electrons. The van der Waals surface area contributed by atoms with E-state index in [2.05, 4.69) is 0 Å². The topological polar surface area (TPSA) is 72.6 Å². The van der Waals surface area contributed by atoms with Gasteiger partial charge in [0.2, 0.25) is 0 Å². The summed E-state index contributed by atoms with van der Waals surface area (Å²) < 4.78 is 5.30. The van der Waals surface area contributed by atoms with Crippen LogP contribution in [0, 0.1) is 10.1 Å². The molecule has 0 aliphatic heterocycles. The van der Waals surface area contributed by atoms with Crippen molar-refractivity contribution >= 4 is 5.69 Å². The molecule has 0 aromatic heterocycles. The predicted octanol–water partition coefficient (Wildman–Crippen LogP) is 2.23. The van der Waals surface area contributed by atoms with Crippen molar-refractivity contribution in [1.29, 1.82) is 0 Å². The number of aromatic hydroxyl groups is 1. The molecule has 0 aliphatic carbocycles.